The molecule has 1 amide bonds. The maximum atomic E-state index is 11.1. The monoisotopic (exact) mass is 189 g/mol. The SMILES string of the molecule is COC(=O)N1CCC(O)C(CO)C1. The molecule has 0 spiro atoms. The van der Waals surface area contributed by atoms with Gasteiger partial charge in [0.15, 0.2) is 0 Å². The molecule has 76 valence electrons. The van der Waals surface area contributed by atoms with Gasteiger partial charge in [-0.3, -0.25) is 0 Å². The van der Waals surface area contributed by atoms with Crippen molar-refractivity contribution in [1.29, 1.82) is 0 Å². The van der Waals surface area contributed by atoms with Crippen LogP contribution in [0.25, 0.3) is 0 Å². The number of hydrogen-bond donors (Lipinski definition) is 2. The molecule has 5 heteroatoms. The van der Waals surface area contributed by atoms with Crippen molar-refractivity contribution in [3.63, 3.8) is 0 Å². The van der Waals surface area contributed by atoms with Crippen LogP contribution >= 0.6 is 0 Å². The van der Waals surface area contributed by atoms with Gasteiger partial charge in [-0.2, -0.15) is 0 Å². The molecule has 2 unspecified atom stereocenters. The number of aliphatic hydroxyl groups is 2. The summed E-state index contributed by atoms with van der Waals surface area (Å²) in [5.74, 6) is -0.243. The third-order valence-corrected chi connectivity index (χ3v) is 2.36. The van der Waals surface area contributed by atoms with Crippen LogP contribution in [-0.2, 0) is 4.74 Å². The molecule has 1 fully saturated rings. The Bertz CT molecular complexity index is 185. The molecule has 1 rings (SSSR count). The Kier molecular flexibility index (Phi) is 3.50. The minimum atomic E-state index is -0.508. The summed E-state index contributed by atoms with van der Waals surface area (Å²) in [6, 6.07) is 0. The lowest BCUT2D eigenvalue weighted by molar-refractivity contribution is 0.00213. The van der Waals surface area contributed by atoms with Crippen molar-refractivity contribution in [3.05, 3.63) is 0 Å². The highest BCUT2D eigenvalue weighted by Crippen LogP contribution is 2.17. The molecule has 0 aliphatic carbocycles. The zero-order chi connectivity index (χ0) is 9.84. The van der Waals surface area contributed by atoms with Crippen molar-refractivity contribution in [2.45, 2.75) is 12.5 Å². The second-order valence-corrected chi connectivity index (χ2v) is 3.21. The highest BCUT2D eigenvalue weighted by molar-refractivity contribution is 5.67. The molecular weight excluding hydrogens is 174 g/mol. The zero-order valence-corrected chi connectivity index (χ0v) is 7.64. The average molecular weight is 189 g/mol. The van der Waals surface area contributed by atoms with Crippen LogP contribution in [0.1, 0.15) is 6.42 Å². The number of ether oxygens (including phenoxy) is 1. The van der Waals surface area contributed by atoms with Gasteiger partial charge in [0.05, 0.1) is 19.8 Å². The number of methoxy groups -OCH3 is 1. The van der Waals surface area contributed by atoms with Gasteiger partial charge in [-0.25, -0.2) is 4.79 Å². The lowest BCUT2D eigenvalue weighted by Gasteiger charge is -2.34. The van der Waals surface area contributed by atoms with Crippen LogP contribution in [-0.4, -0.2) is 54.1 Å². The molecule has 13 heavy (non-hydrogen) atoms. The van der Waals surface area contributed by atoms with E-state index in [-0.39, 0.29) is 12.5 Å². The van der Waals surface area contributed by atoms with Crippen molar-refractivity contribution >= 4 is 6.09 Å². The van der Waals surface area contributed by atoms with Gasteiger partial charge < -0.3 is 19.8 Å². The Hall–Kier alpha value is -0.810. The van der Waals surface area contributed by atoms with Crippen molar-refractivity contribution < 1.29 is 19.7 Å². The van der Waals surface area contributed by atoms with E-state index >= 15 is 0 Å². The maximum absolute atomic E-state index is 11.1. The van der Waals surface area contributed by atoms with Crippen molar-refractivity contribution in [1.82, 2.24) is 4.90 Å². The summed E-state index contributed by atoms with van der Waals surface area (Å²) in [4.78, 5) is 12.6. The molecule has 0 radical (unpaired) electrons. The standard InChI is InChI=1S/C8H15NO4/c1-13-8(12)9-3-2-7(11)6(4-9)5-10/h6-7,10-11H,2-5H2,1H3. The molecule has 1 saturated heterocycles. The Balaban J connectivity index is 2.49. The van der Waals surface area contributed by atoms with Crippen LogP contribution in [0.15, 0.2) is 0 Å². The van der Waals surface area contributed by atoms with Crippen molar-refractivity contribution in [2.75, 3.05) is 26.8 Å². The smallest absolute Gasteiger partial charge is 0.409 e. The average Bonchev–Trinajstić information content (AvgIpc) is 2.17. The van der Waals surface area contributed by atoms with Crippen LogP contribution in [0.5, 0.6) is 0 Å². The van der Waals surface area contributed by atoms with E-state index in [1.54, 1.807) is 0 Å². The summed E-state index contributed by atoms with van der Waals surface area (Å²) in [5.41, 5.74) is 0. The van der Waals surface area contributed by atoms with Gasteiger partial charge >= 0.3 is 6.09 Å². The number of likely N-dealkylation sites (tertiary alicyclic amines) is 1. The molecule has 2 atom stereocenters. The van der Waals surface area contributed by atoms with E-state index < -0.39 is 12.2 Å². The summed E-state index contributed by atoms with van der Waals surface area (Å²) < 4.78 is 4.54. The van der Waals surface area contributed by atoms with E-state index in [1.807, 2.05) is 0 Å². The summed E-state index contributed by atoms with van der Waals surface area (Å²) in [6.45, 7) is 0.753. The fourth-order valence-corrected chi connectivity index (χ4v) is 1.49. The van der Waals surface area contributed by atoms with E-state index in [0.29, 0.717) is 19.5 Å². The van der Waals surface area contributed by atoms with Crippen LogP contribution in [0.2, 0.25) is 0 Å². The Morgan fingerprint density at radius 1 is 1.69 bits per heavy atom. The largest absolute Gasteiger partial charge is 0.453 e. The number of amides is 1. The Morgan fingerprint density at radius 3 is 2.92 bits per heavy atom. The predicted molar refractivity (Wildman–Crippen MR) is 45.2 cm³/mol. The maximum Gasteiger partial charge on any atom is 0.409 e. The number of nitrogens with zero attached hydrogens (tertiary/aromatic N) is 1. The summed E-state index contributed by atoms with van der Waals surface area (Å²) in [5, 5.41) is 18.3. The molecule has 5 nitrogen and oxygen atoms in total. The molecule has 0 aromatic heterocycles. The first-order valence-corrected chi connectivity index (χ1v) is 4.31. The lowest BCUT2D eigenvalue weighted by Crippen LogP contribution is -2.47. The Labute approximate surface area is 76.9 Å². The third-order valence-electron chi connectivity index (χ3n) is 2.36. The number of aliphatic hydroxyl groups excluding tert-OH is 2. The summed E-state index contributed by atoms with van der Waals surface area (Å²) >= 11 is 0. The normalized spacial score (nSPS) is 28.7. The molecule has 0 bridgehead atoms. The minimum Gasteiger partial charge on any atom is -0.453 e. The molecular formula is C8H15NO4. The number of hydrogen-bond acceptors (Lipinski definition) is 4. The Morgan fingerprint density at radius 2 is 2.38 bits per heavy atom. The molecule has 2 N–H and O–H groups in total. The fraction of sp³-hybridized carbons (Fsp3) is 0.875. The van der Waals surface area contributed by atoms with Crippen LogP contribution in [0.4, 0.5) is 4.79 Å². The number of rotatable bonds is 1. The van der Waals surface area contributed by atoms with Gasteiger partial charge in [0.1, 0.15) is 0 Å². The van der Waals surface area contributed by atoms with Gasteiger partial charge in [0.2, 0.25) is 0 Å². The van der Waals surface area contributed by atoms with Crippen LogP contribution < -0.4 is 0 Å². The lowest BCUT2D eigenvalue weighted by atomic mass is 9.96. The van der Waals surface area contributed by atoms with Crippen LogP contribution in [0.3, 0.4) is 0 Å². The quantitative estimate of drug-likeness (QED) is 0.579. The zero-order valence-electron chi connectivity index (χ0n) is 7.64. The number of carbonyl (C=O) groups excluding carboxylic acids is 1. The third kappa shape index (κ3) is 2.32. The highest BCUT2D eigenvalue weighted by atomic mass is 16.5. The van der Waals surface area contributed by atoms with Crippen LogP contribution in [0, 0.1) is 5.92 Å². The number of piperidine rings is 1. The van der Waals surface area contributed by atoms with Gasteiger partial charge in [-0.1, -0.05) is 0 Å². The van der Waals surface area contributed by atoms with Gasteiger partial charge in [0.25, 0.3) is 0 Å². The number of carbonyl (C=O) groups is 1. The molecule has 0 aromatic rings. The molecule has 0 aromatic carbocycles. The van der Waals surface area contributed by atoms with E-state index in [0.717, 1.165) is 0 Å². The molecule has 1 aliphatic rings. The summed E-state index contributed by atoms with van der Waals surface area (Å²) in [7, 11) is 1.32. The minimum absolute atomic E-state index is 0.103. The predicted octanol–water partition coefficient (Wildman–Crippen LogP) is -0.572. The first-order valence-electron chi connectivity index (χ1n) is 4.31. The molecule has 1 aliphatic heterocycles. The van der Waals surface area contributed by atoms with E-state index in [4.69, 9.17) is 5.11 Å². The van der Waals surface area contributed by atoms with E-state index in [1.165, 1.54) is 12.0 Å². The highest BCUT2D eigenvalue weighted by Gasteiger charge is 2.29. The topological polar surface area (TPSA) is 70.0 Å². The van der Waals surface area contributed by atoms with Crippen molar-refractivity contribution in [3.8, 4) is 0 Å². The second kappa shape index (κ2) is 4.43. The first kappa shape index (κ1) is 10.3. The van der Waals surface area contributed by atoms with Gasteiger partial charge in [0, 0.05) is 19.0 Å². The van der Waals surface area contributed by atoms with Crippen molar-refractivity contribution in [2.24, 2.45) is 5.92 Å². The van der Waals surface area contributed by atoms with Gasteiger partial charge in [-0.15, -0.1) is 0 Å². The van der Waals surface area contributed by atoms with E-state index in [2.05, 4.69) is 4.74 Å². The molecule has 0 saturated carbocycles. The van der Waals surface area contributed by atoms with Gasteiger partial charge in [-0.05, 0) is 6.42 Å². The van der Waals surface area contributed by atoms with E-state index in [9.17, 15) is 9.90 Å². The summed E-state index contributed by atoms with van der Waals surface area (Å²) in [6.07, 6.45) is -0.406. The molecule has 1 heterocycles. The second-order valence-electron chi connectivity index (χ2n) is 3.21. The fourth-order valence-electron chi connectivity index (χ4n) is 1.49. The first-order chi connectivity index (χ1) is 6.19.